The summed E-state index contributed by atoms with van der Waals surface area (Å²) in [5, 5.41) is 8.73. The van der Waals surface area contributed by atoms with Crippen molar-refractivity contribution in [1.82, 2.24) is 0 Å². The Bertz CT molecular complexity index is 258. The molecule has 2 nitrogen and oxygen atoms in total. The van der Waals surface area contributed by atoms with E-state index in [4.69, 9.17) is 5.11 Å². The van der Waals surface area contributed by atoms with E-state index in [0.29, 0.717) is 12.0 Å². The first-order chi connectivity index (χ1) is 9.57. The molecule has 0 fully saturated rings. The Morgan fingerprint density at radius 1 is 0.950 bits per heavy atom. The van der Waals surface area contributed by atoms with Gasteiger partial charge in [0, 0.05) is 5.57 Å². The molecule has 20 heavy (non-hydrogen) atoms. The van der Waals surface area contributed by atoms with Gasteiger partial charge in [0.1, 0.15) is 0 Å². The Kier molecular flexibility index (Phi) is 12.7. The van der Waals surface area contributed by atoms with Crippen molar-refractivity contribution >= 4 is 5.97 Å². The van der Waals surface area contributed by atoms with Crippen molar-refractivity contribution < 1.29 is 9.90 Å². The van der Waals surface area contributed by atoms with Gasteiger partial charge in [-0.3, -0.25) is 0 Å². The normalized spacial score (nSPS) is 12.3. The van der Waals surface area contributed by atoms with Crippen molar-refractivity contribution in [2.75, 3.05) is 0 Å². The lowest BCUT2D eigenvalue weighted by Gasteiger charge is -2.11. The summed E-state index contributed by atoms with van der Waals surface area (Å²) in [6, 6.07) is 0. The number of rotatable bonds is 14. The van der Waals surface area contributed by atoms with E-state index in [2.05, 4.69) is 20.4 Å². The largest absolute Gasteiger partial charge is 0.478 e. The van der Waals surface area contributed by atoms with Crippen LogP contribution in [0.3, 0.4) is 0 Å². The van der Waals surface area contributed by atoms with Crippen LogP contribution in [0.1, 0.15) is 90.9 Å². The van der Waals surface area contributed by atoms with Crippen molar-refractivity contribution in [1.29, 1.82) is 0 Å². The lowest BCUT2D eigenvalue weighted by Crippen LogP contribution is -2.00. The Labute approximate surface area is 125 Å². The molecule has 1 unspecified atom stereocenters. The highest BCUT2D eigenvalue weighted by molar-refractivity contribution is 5.85. The average Bonchev–Trinajstić information content (AvgIpc) is 2.41. The first kappa shape index (κ1) is 19.2. The third-order valence-electron chi connectivity index (χ3n) is 4.03. The van der Waals surface area contributed by atoms with Crippen molar-refractivity contribution in [3.05, 3.63) is 12.2 Å². The van der Waals surface area contributed by atoms with E-state index >= 15 is 0 Å². The molecule has 0 aliphatic carbocycles. The molecule has 118 valence electrons. The number of aliphatic carboxylic acids is 1. The second-order valence-corrected chi connectivity index (χ2v) is 6.17. The topological polar surface area (TPSA) is 37.3 Å². The number of unbranched alkanes of at least 4 members (excludes halogenated alkanes) is 7. The molecule has 0 aromatic rings. The molecule has 0 saturated heterocycles. The van der Waals surface area contributed by atoms with E-state index in [9.17, 15) is 4.79 Å². The second-order valence-electron chi connectivity index (χ2n) is 6.17. The smallest absolute Gasteiger partial charge is 0.330 e. The quantitative estimate of drug-likeness (QED) is 0.315. The Morgan fingerprint density at radius 3 is 2.00 bits per heavy atom. The van der Waals surface area contributed by atoms with Crippen LogP contribution in [0.5, 0.6) is 0 Å². The highest BCUT2D eigenvalue weighted by Gasteiger charge is 2.06. The van der Waals surface area contributed by atoms with Gasteiger partial charge in [0.25, 0.3) is 0 Å². The van der Waals surface area contributed by atoms with Gasteiger partial charge in [-0.25, -0.2) is 4.79 Å². The highest BCUT2D eigenvalue weighted by Crippen LogP contribution is 2.18. The van der Waals surface area contributed by atoms with Crippen LogP contribution in [0.2, 0.25) is 0 Å². The SMILES string of the molecule is C=C(CCCC(C)CCCCCCCCCC)C(=O)O. The second kappa shape index (κ2) is 13.2. The van der Waals surface area contributed by atoms with Crippen LogP contribution in [0.15, 0.2) is 12.2 Å². The van der Waals surface area contributed by atoms with Crippen molar-refractivity contribution in [2.45, 2.75) is 90.9 Å². The van der Waals surface area contributed by atoms with Crippen LogP contribution < -0.4 is 0 Å². The number of carboxylic acid groups (broad SMARTS) is 1. The molecule has 0 aromatic carbocycles. The molecular weight excluding hydrogens is 248 g/mol. The third-order valence-corrected chi connectivity index (χ3v) is 4.03. The number of carbonyl (C=O) groups is 1. The molecule has 0 amide bonds. The number of hydrogen-bond donors (Lipinski definition) is 1. The van der Waals surface area contributed by atoms with Crippen molar-refractivity contribution in [2.24, 2.45) is 5.92 Å². The van der Waals surface area contributed by atoms with Crippen LogP contribution in [0.25, 0.3) is 0 Å². The van der Waals surface area contributed by atoms with Gasteiger partial charge in [-0.05, 0) is 18.8 Å². The summed E-state index contributed by atoms with van der Waals surface area (Å²) in [6.07, 6.45) is 15.0. The van der Waals surface area contributed by atoms with Gasteiger partial charge in [0.2, 0.25) is 0 Å². The van der Waals surface area contributed by atoms with E-state index in [1.165, 1.54) is 57.8 Å². The van der Waals surface area contributed by atoms with Gasteiger partial charge in [-0.15, -0.1) is 0 Å². The van der Waals surface area contributed by atoms with E-state index in [1.54, 1.807) is 0 Å². The number of hydrogen-bond acceptors (Lipinski definition) is 1. The number of carboxylic acids is 1. The Balaban J connectivity index is 3.30. The van der Waals surface area contributed by atoms with E-state index in [0.717, 1.165) is 18.8 Å². The first-order valence-electron chi connectivity index (χ1n) is 8.49. The summed E-state index contributed by atoms with van der Waals surface area (Å²) in [7, 11) is 0. The van der Waals surface area contributed by atoms with Crippen LogP contribution >= 0.6 is 0 Å². The average molecular weight is 282 g/mol. The maximum absolute atomic E-state index is 10.6. The summed E-state index contributed by atoms with van der Waals surface area (Å²) in [5.41, 5.74) is 0.351. The van der Waals surface area contributed by atoms with Crippen LogP contribution in [-0.4, -0.2) is 11.1 Å². The molecule has 0 aliphatic heterocycles. The van der Waals surface area contributed by atoms with E-state index in [-0.39, 0.29) is 0 Å². The zero-order valence-electron chi connectivity index (χ0n) is 13.6. The predicted molar refractivity (Wildman–Crippen MR) is 87.0 cm³/mol. The summed E-state index contributed by atoms with van der Waals surface area (Å²) in [5.74, 6) is -0.127. The summed E-state index contributed by atoms with van der Waals surface area (Å²) in [4.78, 5) is 10.6. The van der Waals surface area contributed by atoms with Crippen molar-refractivity contribution in [3.8, 4) is 0 Å². The zero-order valence-corrected chi connectivity index (χ0v) is 13.6. The van der Waals surface area contributed by atoms with Crippen LogP contribution in [0.4, 0.5) is 0 Å². The van der Waals surface area contributed by atoms with Gasteiger partial charge in [-0.1, -0.05) is 84.6 Å². The lowest BCUT2D eigenvalue weighted by molar-refractivity contribution is -0.132. The van der Waals surface area contributed by atoms with Gasteiger partial charge in [0.15, 0.2) is 0 Å². The molecule has 0 saturated carbocycles. The standard InChI is InChI=1S/C18H34O2/c1-4-5-6-7-8-9-10-11-13-16(2)14-12-15-17(3)18(19)20/h16H,3-15H2,1-2H3,(H,19,20). The molecular formula is C18H34O2. The molecule has 0 heterocycles. The monoisotopic (exact) mass is 282 g/mol. The molecule has 0 aliphatic rings. The van der Waals surface area contributed by atoms with Gasteiger partial charge >= 0.3 is 5.97 Å². The van der Waals surface area contributed by atoms with Gasteiger partial charge in [-0.2, -0.15) is 0 Å². The minimum absolute atomic E-state index is 0.351. The van der Waals surface area contributed by atoms with Gasteiger partial charge in [0.05, 0.1) is 0 Å². The molecule has 1 N–H and O–H groups in total. The van der Waals surface area contributed by atoms with Crippen molar-refractivity contribution in [3.63, 3.8) is 0 Å². The summed E-state index contributed by atoms with van der Waals surface area (Å²) < 4.78 is 0. The lowest BCUT2D eigenvalue weighted by atomic mass is 9.95. The maximum Gasteiger partial charge on any atom is 0.330 e. The van der Waals surface area contributed by atoms with E-state index < -0.39 is 5.97 Å². The maximum atomic E-state index is 10.6. The first-order valence-corrected chi connectivity index (χ1v) is 8.49. The fourth-order valence-electron chi connectivity index (χ4n) is 2.54. The minimum Gasteiger partial charge on any atom is -0.478 e. The predicted octanol–water partition coefficient (Wildman–Crippen LogP) is 5.96. The van der Waals surface area contributed by atoms with Crippen LogP contribution in [0, 0.1) is 5.92 Å². The molecule has 0 aromatic heterocycles. The summed E-state index contributed by atoms with van der Waals surface area (Å²) >= 11 is 0. The molecule has 0 rings (SSSR count). The molecule has 2 heteroatoms. The fraction of sp³-hybridized carbons (Fsp3) is 0.833. The summed E-state index contributed by atoms with van der Waals surface area (Å²) in [6.45, 7) is 8.11. The zero-order chi connectivity index (χ0) is 15.2. The Morgan fingerprint density at radius 2 is 1.45 bits per heavy atom. The van der Waals surface area contributed by atoms with Crippen LogP contribution in [-0.2, 0) is 4.79 Å². The third kappa shape index (κ3) is 12.3. The molecule has 1 atom stereocenters. The molecule has 0 bridgehead atoms. The highest BCUT2D eigenvalue weighted by atomic mass is 16.4. The minimum atomic E-state index is -0.847. The Hall–Kier alpha value is -0.790. The van der Waals surface area contributed by atoms with E-state index in [1.807, 2.05) is 0 Å². The molecule has 0 spiro atoms. The fourth-order valence-corrected chi connectivity index (χ4v) is 2.54. The van der Waals surface area contributed by atoms with Gasteiger partial charge < -0.3 is 5.11 Å². The molecule has 0 radical (unpaired) electrons.